The van der Waals surface area contributed by atoms with Crippen molar-refractivity contribution in [2.45, 2.75) is 13.3 Å². The third kappa shape index (κ3) is 3.45. The molecule has 25 heavy (non-hydrogen) atoms. The normalized spacial score (nSPS) is 19.3. The Bertz CT molecular complexity index is 815. The van der Waals surface area contributed by atoms with E-state index in [0.717, 1.165) is 5.56 Å². The van der Waals surface area contributed by atoms with Gasteiger partial charge in [0, 0.05) is 25.4 Å². The highest BCUT2D eigenvalue weighted by atomic mass is 16.5. The largest absolute Gasteiger partial charge is 0.466 e. The maximum atomic E-state index is 12.9. The molecule has 0 bridgehead atoms. The second-order valence-corrected chi connectivity index (χ2v) is 5.84. The number of aromatic nitrogens is 1. The van der Waals surface area contributed by atoms with Gasteiger partial charge in [-0.15, -0.1) is 0 Å². The van der Waals surface area contributed by atoms with Crippen LogP contribution in [0.1, 0.15) is 28.5 Å². The average Bonchev–Trinajstić information content (AvgIpc) is 2.64. The molecule has 0 spiro atoms. The molecule has 1 aromatic carbocycles. The van der Waals surface area contributed by atoms with E-state index in [9.17, 15) is 9.59 Å². The molecule has 1 aliphatic heterocycles. The van der Waals surface area contributed by atoms with Gasteiger partial charge in [0.1, 0.15) is 0 Å². The number of amides is 1. The van der Waals surface area contributed by atoms with E-state index in [1.807, 2.05) is 36.4 Å². The molecule has 2 aromatic rings. The van der Waals surface area contributed by atoms with Gasteiger partial charge in [0.25, 0.3) is 5.91 Å². The summed E-state index contributed by atoms with van der Waals surface area (Å²) in [6, 6.07) is 13.0. The first-order chi connectivity index (χ1) is 12.1. The Morgan fingerprint density at radius 1 is 1.24 bits per heavy atom. The van der Waals surface area contributed by atoms with Crippen LogP contribution in [0.2, 0.25) is 0 Å². The molecular weight excluding hydrogens is 316 g/mol. The van der Waals surface area contributed by atoms with Crippen molar-refractivity contribution in [3.63, 3.8) is 0 Å². The zero-order valence-electron chi connectivity index (χ0n) is 14.3. The number of rotatable bonds is 3. The Morgan fingerprint density at radius 2 is 2.00 bits per heavy atom. The molecule has 0 saturated heterocycles. The Kier molecular flexibility index (Phi) is 4.93. The van der Waals surface area contributed by atoms with Gasteiger partial charge < -0.3 is 9.64 Å². The molecule has 0 saturated carbocycles. The monoisotopic (exact) mass is 336 g/mol. The van der Waals surface area contributed by atoms with Crippen LogP contribution in [0.3, 0.4) is 0 Å². The van der Waals surface area contributed by atoms with Crippen LogP contribution in [-0.2, 0) is 16.0 Å². The van der Waals surface area contributed by atoms with Gasteiger partial charge in [-0.1, -0.05) is 30.3 Å². The predicted octanol–water partition coefficient (Wildman–Crippen LogP) is 2.93. The maximum Gasteiger partial charge on any atom is 0.313 e. The van der Waals surface area contributed by atoms with Gasteiger partial charge in [-0.3, -0.25) is 14.6 Å². The third-order valence-electron chi connectivity index (χ3n) is 4.22. The van der Waals surface area contributed by atoms with Crippen molar-refractivity contribution >= 4 is 17.6 Å². The van der Waals surface area contributed by atoms with Crippen molar-refractivity contribution in [3.8, 4) is 0 Å². The summed E-state index contributed by atoms with van der Waals surface area (Å²) in [6.45, 7) is 2.10. The standard InChI is InChI=1S/C20H20N2O3/c1-3-25-20(24)15-12-17-16(10-7-11-21-17)19(23)22(2)18(13-15)14-8-5-4-6-9-14/h4-11,13,15H,3,12H2,1-2H3/b18-13-. The van der Waals surface area contributed by atoms with E-state index in [-0.39, 0.29) is 11.9 Å². The zero-order chi connectivity index (χ0) is 17.8. The lowest BCUT2D eigenvalue weighted by atomic mass is 9.94. The van der Waals surface area contributed by atoms with Crippen LogP contribution >= 0.6 is 0 Å². The molecule has 0 radical (unpaired) electrons. The molecule has 1 aromatic heterocycles. The van der Waals surface area contributed by atoms with Crippen LogP contribution in [0.25, 0.3) is 5.70 Å². The molecule has 3 rings (SSSR count). The number of hydrogen-bond acceptors (Lipinski definition) is 4. The van der Waals surface area contributed by atoms with Crippen LogP contribution in [0.15, 0.2) is 54.7 Å². The second-order valence-electron chi connectivity index (χ2n) is 5.84. The summed E-state index contributed by atoms with van der Waals surface area (Å²) >= 11 is 0. The van der Waals surface area contributed by atoms with Crippen molar-refractivity contribution in [3.05, 3.63) is 71.6 Å². The number of carbonyl (C=O) groups is 2. The quantitative estimate of drug-likeness (QED) is 0.809. The van der Waals surface area contributed by atoms with E-state index in [1.165, 1.54) is 0 Å². The van der Waals surface area contributed by atoms with Crippen LogP contribution < -0.4 is 0 Å². The molecule has 0 fully saturated rings. The van der Waals surface area contributed by atoms with Crippen molar-refractivity contribution in [2.75, 3.05) is 13.7 Å². The molecular formula is C20H20N2O3. The highest BCUT2D eigenvalue weighted by Gasteiger charge is 2.29. The van der Waals surface area contributed by atoms with Gasteiger partial charge in [-0.25, -0.2) is 0 Å². The van der Waals surface area contributed by atoms with Crippen LogP contribution in [-0.4, -0.2) is 35.4 Å². The lowest BCUT2D eigenvalue weighted by Gasteiger charge is -2.26. The fraction of sp³-hybridized carbons (Fsp3) is 0.250. The molecule has 128 valence electrons. The predicted molar refractivity (Wildman–Crippen MR) is 94.6 cm³/mol. The highest BCUT2D eigenvalue weighted by Crippen LogP contribution is 2.28. The fourth-order valence-electron chi connectivity index (χ4n) is 2.95. The second kappa shape index (κ2) is 7.30. The Morgan fingerprint density at radius 3 is 2.72 bits per heavy atom. The first-order valence-electron chi connectivity index (χ1n) is 8.27. The summed E-state index contributed by atoms with van der Waals surface area (Å²) in [4.78, 5) is 31.2. The summed E-state index contributed by atoms with van der Waals surface area (Å²) < 4.78 is 5.22. The summed E-state index contributed by atoms with van der Waals surface area (Å²) in [5.41, 5.74) is 2.69. The minimum atomic E-state index is -0.501. The van der Waals surface area contributed by atoms with Crippen molar-refractivity contribution in [2.24, 2.45) is 5.92 Å². The summed E-state index contributed by atoms with van der Waals surface area (Å²) in [5, 5.41) is 0. The topological polar surface area (TPSA) is 59.5 Å². The van der Waals surface area contributed by atoms with E-state index >= 15 is 0 Å². The molecule has 1 aliphatic rings. The van der Waals surface area contributed by atoms with E-state index in [1.54, 1.807) is 37.2 Å². The van der Waals surface area contributed by atoms with Crippen molar-refractivity contribution in [1.82, 2.24) is 9.88 Å². The zero-order valence-corrected chi connectivity index (χ0v) is 14.3. The van der Waals surface area contributed by atoms with Crippen LogP contribution in [0.5, 0.6) is 0 Å². The number of benzene rings is 1. The van der Waals surface area contributed by atoms with Crippen molar-refractivity contribution in [1.29, 1.82) is 0 Å². The summed E-state index contributed by atoms with van der Waals surface area (Å²) in [7, 11) is 1.71. The molecule has 0 aliphatic carbocycles. The lowest BCUT2D eigenvalue weighted by Crippen LogP contribution is -2.31. The van der Waals surface area contributed by atoms with E-state index in [2.05, 4.69) is 4.98 Å². The summed E-state index contributed by atoms with van der Waals surface area (Å²) in [6.07, 6.45) is 3.78. The van der Waals surface area contributed by atoms with Gasteiger partial charge >= 0.3 is 5.97 Å². The van der Waals surface area contributed by atoms with Crippen LogP contribution in [0.4, 0.5) is 0 Å². The Hall–Kier alpha value is -2.95. The molecule has 5 nitrogen and oxygen atoms in total. The number of pyridine rings is 1. The van der Waals surface area contributed by atoms with Gasteiger partial charge in [0.05, 0.1) is 23.8 Å². The number of nitrogens with zero attached hydrogens (tertiary/aromatic N) is 2. The third-order valence-corrected chi connectivity index (χ3v) is 4.22. The smallest absolute Gasteiger partial charge is 0.313 e. The van der Waals surface area contributed by atoms with E-state index in [4.69, 9.17) is 4.74 Å². The number of fused-ring (bicyclic) bond motifs is 1. The lowest BCUT2D eigenvalue weighted by molar-refractivity contribution is -0.146. The number of esters is 1. The fourth-order valence-corrected chi connectivity index (χ4v) is 2.95. The number of ether oxygens (including phenoxy) is 1. The molecule has 1 unspecified atom stereocenters. The first kappa shape index (κ1) is 16.9. The van der Waals surface area contributed by atoms with Gasteiger partial charge in [0.15, 0.2) is 0 Å². The van der Waals surface area contributed by atoms with Crippen LogP contribution in [0, 0.1) is 5.92 Å². The summed E-state index contributed by atoms with van der Waals surface area (Å²) in [5.74, 6) is -0.949. The highest BCUT2D eigenvalue weighted by molar-refractivity contribution is 6.01. The SMILES string of the molecule is CCOC(=O)C1/C=C(/c2ccccc2)N(C)C(=O)c2cccnc2C1. The van der Waals surface area contributed by atoms with Gasteiger partial charge in [-0.2, -0.15) is 0 Å². The molecule has 0 N–H and O–H groups in total. The maximum absolute atomic E-state index is 12.9. The molecule has 5 heteroatoms. The first-order valence-corrected chi connectivity index (χ1v) is 8.27. The Labute approximate surface area is 146 Å². The number of hydrogen-bond donors (Lipinski definition) is 0. The van der Waals surface area contributed by atoms with Gasteiger partial charge in [0.2, 0.25) is 0 Å². The Balaban J connectivity index is 2.12. The molecule has 2 heterocycles. The van der Waals surface area contributed by atoms with E-state index in [0.29, 0.717) is 30.0 Å². The molecule has 1 amide bonds. The van der Waals surface area contributed by atoms with Crippen molar-refractivity contribution < 1.29 is 14.3 Å². The molecule has 1 atom stereocenters. The minimum Gasteiger partial charge on any atom is -0.466 e. The van der Waals surface area contributed by atoms with E-state index < -0.39 is 5.92 Å². The van der Waals surface area contributed by atoms with Gasteiger partial charge in [-0.05, 0) is 30.7 Å². The minimum absolute atomic E-state index is 0.138. The number of carbonyl (C=O) groups excluding carboxylic acids is 2. The average molecular weight is 336 g/mol.